The normalized spacial score (nSPS) is 14.4. The Morgan fingerprint density at radius 3 is 2.44 bits per heavy atom. The summed E-state index contributed by atoms with van der Waals surface area (Å²) >= 11 is 0. The van der Waals surface area contributed by atoms with Crippen molar-refractivity contribution in [2.45, 2.75) is 12.1 Å². The Labute approximate surface area is 108 Å². The third-order valence-electron chi connectivity index (χ3n) is 3.05. The molecular weight excluding hydrogens is 226 g/mol. The van der Waals surface area contributed by atoms with Crippen LogP contribution in [0.15, 0.2) is 42.6 Å². The summed E-state index contributed by atoms with van der Waals surface area (Å²) in [5, 5.41) is 7.73. The molecule has 18 heavy (non-hydrogen) atoms. The topological polar surface area (TPSA) is 39.1 Å². The van der Waals surface area contributed by atoms with Gasteiger partial charge in [0.1, 0.15) is 6.10 Å². The highest BCUT2D eigenvalue weighted by Gasteiger charge is 2.24. The standard InChI is InChI=1S/C14H19N3O/c1-15-13(12-9-10-17(2)16-12)14(18-3)11-7-5-4-6-8-11/h4-10,13-15H,1-3H3. The number of hydrogen-bond donors (Lipinski definition) is 1. The molecule has 0 saturated carbocycles. The molecule has 2 rings (SSSR count). The van der Waals surface area contributed by atoms with Crippen LogP contribution in [0.2, 0.25) is 0 Å². The Bertz CT molecular complexity index is 481. The minimum absolute atomic E-state index is 0.0404. The maximum absolute atomic E-state index is 5.64. The number of ether oxygens (including phenoxy) is 1. The minimum Gasteiger partial charge on any atom is -0.375 e. The summed E-state index contributed by atoms with van der Waals surface area (Å²) in [6.45, 7) is 0. The molecular formula is C14H19N3O. The van der Waals surface area contributed by atoms with Gasteiger partial charge in [-0.3, -0.25) is 4.68 Å². The van der Waals surface area contributed by atoms with Gasteiger partial charge in [-0.25, -0.2) is 0 Å². The quantitative estimate of drug-likeness (QED) is 0.876. The van der Waals surface area contributed by atoms with Gasteiger partial charge in [0.15, 0.2) is 0 Å². The summed E-state index contributed by atoms with van der Waals surface area (Å²) in [5.41, 5.74) is 2.13. The predicted molar refractivity (Wildman–Crippen MR) is 71.2 cm³/mol. The maximum Gasteiger partial charge on any atom is 0.103 e. The van der Waals surface area contributed by atoms with Crippen LogP contribution >= 0.6 is 0 Å². The summed E-state index contributed by atoms with van der Waals surface area (Å²) < 4.78 is 7.44. The molecule has 1 heterocycles. The second-order valence-corrected chi connectivity index (χ2v) is 4.25. The van der Waals surface area contributed by atoms with Crippen molar-refractivity contribution >= 4 is 0 Å². The van der Waals surface area contributed by atoms with E-state index in [-0.39, 0.29) is 12.1 Å². The fourth-order valence-corrected chi connectivity index (χ4v) is 2.16. The zero-order valence-corrected chi connectivity index (χ0v) is 11.0. The molecule has 2 unspecified atom stereocenters. The van der Waals surface area contributed by atoms with Gasteiger partial charge in [-0.15, -0.1) is 0 Å². The first-order valence-electron chi connectivity index (χ1n) is 6.01. The zero-order valence-electron chi connectivity index (χ0n) is 11.0. The van der Waals surface area contributed by atoms with Crippen LogP contribution in [0.5, 0.6) is 0 Å². The third kappa shape index (κ3) is 2.60. The second kappa shape index (κ2) is 5.80. The lowest BCUT2D eigenvalue weighted by molar-refractivity contribution is 0.0687. The zero-order chi connectivity index (χ0) is 13.0. The Hall–Kier alpha value is -1.65. The molecule has 0 aliphatic heterocycles. The van der Waals surface area contributed by atoms with Crippen LogP contribution in [0.25, 0.3) is 0 Å². The van der Waals surface area contributed by atoms with Gasteiger partial charge >= 0.3 is 0 Å². The van der Waals surface area contributed by atoms with Crippen molar-refractivity contribution in [2.24, 2.45) is 7.05 Å². The Morgan fingerprint density at radius 2 is 1.94 bits per heavy atom. The number of rotatable bonds is 5. The SMILES string of the molecule is CNC(c1ccn(C)n1)C(OC)c1ccccc1. The molecule has 4 heteroatoms. The van der Waals surface area contributed by atoms with Crippen LogP contribution in [-0.4, -0.2) is 23.9 Å². The van der Waals surface area contributed by atoms with Gasteiger partial charge in [-0.05, 0) is 18.7 Å². The van der Waals surface area contributed by atoms with Crippen LogP contribution in [0.1, 0.15) is 23.4 Å². The highest BCUT2D eigenvalue weighted by molar-refractivity contribution is 5.22. The molecule has 4 nitrogen and oxygen atoms in total. The molecule has 2 atom stereocenters. The van der Waals surface area contributed by atoms with E-state index in [9.17, 15) is 0 Å². The van der Waals surface area contributed by atoms with E-state index in [1.54, 1.807) is 11.8 Å². The number of aromatic nitrogens is 2. The summed E-state index contributed by atoms with van der Waals surface area (Å²) in [5.74, 6) is 0. The number of benzene rings is 1. The van der Waals surface area contributed by atoms with Gasteiger partial charge in [0.05, 0.1) is 11.7 Å². The Morgan fingerprint density at radius 1 is 1.22 bits per heavy atom. The van der Waals surface area contributed by atoms with Crippen LogP contribution < -0.4 is 5.32 Å². The molecule has 1 aromatic carbocycles. The summed E-state index contributed by atoms with van der Waals surface area (Å²) in [7, 11) is 5.57. The molecule has 1 aromatic heterocycles. The van der Waals surface area contributed by atoms with Crippen LogP contribution in [0, 0.1) is 0 Å². The monoisotopic (exact) mass is 245 g/mol. The highest BCUT2D eigenvalue weighted by atomic mass is 16.5. The molecule has 2 aromatic rings. The second-order valence-electron chi connectivity index (χ2n) is 4.25. The van der Waals surface area contributed by atoms with E-state index in [1.165, 1.54) is 0 Å². The van der Waals surface area contributed by atoms with Gasteiger partial charge in [-0.1, -0.05) is 30.3 Å². The third-order valence-corrected chi connectivity index (χ3v) is 3.05. The Kier molecular flexibility index (Phi) is 4.12. The lowest BCUT2D eigenvalue weighted by Gasteiger charge is -2.24. The van der Waals surface area contributed by atoms with E-state index < -0.39 is 0 Å². The van der Waals surface area contributed by atoms with Crippen molar-refractivity contribution in [2.75, 3.05) is 14.2 Å². The lowest BCUT2D eigenvalue weighted by Crippen LogP contribution is -2.25. The molecule has 96 valence electrons. The molecule has 0 spiro atoms. The fraction of sp³-hybridized carbons (Fsp3) is 0.357. The lowest BCUT2D eigenvalue weighted by atomic mass is 10.00. The molecule has 0 saturated heterocycles. The van der Waals surface area contributed by atoms with E-state index in [0.717, 1.165) is 11.3 Å². The number of nitrogens with one attached hydrogen (secondary N) is 1. The van der Waals surface area contributed by atoms with Crippen molar-refractivity contribution in [3.8, 4) is 0 Å². The molecule has 0 aliphatic rings. The molecule has 0 bridgehead atoms. The number of nitrogens with zero attached hydrogens (tertiary/aromatic N) is 2. The molecule has 0 radical (unpaired) electrons. The summed E-state index contributed by atoms with van der Waals surface area (Å²) in [4.78, 5) is 0. The highest BCUT2D eigenvalue weighted by Crippen LogP contribution is 2.30. The van der Waals surface area contributed by atoms with Gasteiger partial charge in [0, 0.05) is 20.4 Å². The van der Waals surface area contributed by atoms with E-state index in [0.29, 0.717) is 0 Å². The molecule has 0 fully saturated rings. The molecule has 0 aliphatic carbocycles. The van der Waals surface area contributed by atoms with E-state index >= 15 is 0 Å². The predicted octanol–water partition coefficient (Wildman–Crippen LogP) is 2.07. The number of aryl methyl sites for hydroxylation is 1. The first-order chi connectivity index (χ1) is 8.76. The smallest absolute Gasteiger partial charge is 0.103 e. The average Bonchev–Trinajstić information content (AvgIpc) is 2.83. The van der Waals surface area contributed by atoms with E-state index in [2.05, 4.69) is 22.5 Å². The number of methoxy groups -OCH3 is 1. The van der Waals surface area contributed by atoms with Crippen molar-refractivity contribution in [1.29, 1.82) is 0 Å². The van der Waals surface area contributed by atoms with Gasteiger partial charge in [0.2, 0.25) is 0 Å². The van der Waals surface area contributed by atoms with Crippen LogP contribution in [0.3, 0.4) is 0 Å². The largest absolute Gasteiger partial charge is 0.375 e. The van der Waals surface area contributed by atoms with Crippen LogP contribution in [-0.2, 0) is 11.8 Å². The van der Waals surface area contributed by atoms with Gasteiger partial charge < -0.3 is 10.1 Å². The number of hydrogen-bond acceptors (Lipinski definition) is 3. The van der Waals surface area contributed by atoms with Crippen LogP contribution in [0.4, 0.5) is 0 Å². The summed E-state index contributed by atoms with van der Waals surface area (Å²) in [6.07, 6.45) is 1.89. The fourth-order valence-electron chi connectivity index (χ4n) is 2.16. The average molecular weight is 245 g/mol. The minimum atomic E-state index is -0.0499. The van der Waals surface area contributed by atoms with Crippen molar-refractivity contribution < 1.29 is 4.74 Å². The van der Waals surface area contributed by atoms with E-state index in [4.69, 9.17) is 4.74 Å². The number of likely N-dealkylation sites (N-methyl/N-ethyl adjacent to an activating group) is 1. The first-order valence-corrected chi connectivity index (χ1v) is 6.01. The Balaban J connectivity index is 2.30. The molecule has 0 amide bonds. The van der Waals surface area contributed by atoms with Crippen molar-refractivity contribution in [1.82, 2.24) is 15.1 Å². The van der Waals surface area contributed by atoms with Crippen molar-refractivity contribution in [3.63, 3.8) is 0 Å². The van der Waals surface area contributed by atoms with Gasteiger partial charge in [0.25, 0.3) is 0 Å². The first kappa shape index (κ1) is 12.8. The van der Waals surface area contributed by atoms with Gasteiger partial charge in [-0.2, -0.15) is 5.10 Å². The van der Waals surface area contributed by atoms with E-state index in [1.807, 2.05) is 44.6 Å². The molecule has 1 N–H and O–H groups in total. The van der Waals surface area contributed by atoms with Crippen molar-refractivity contribution in [3.05, 3.63) is 53.9 Å². The maximum atomic E-state index is 5.64. The summed E-state index contributed by atoms with van der Waals surface area (Å²) in [6, 6.07) is 12.2.